The number of nitrogens with zero attached hydrogens (tertiary/aromatic N) is 2. The van der Waals surface area contributed by atoms with Crippen molar-refractivity contribution in [3.05, 3.63) is 88.6 Å². The number of ether oxygens (including phenoxy) is 7. The Kier molecular flexibility index (Phi) is 18.1. The molecule has 1 aromatic heterocycles. The van der Waals surface area contributed by atoms with Crippen molar-refractivity contribution in [2.45, 2.75) is 45.1 Å². The molecular formula is C40H45ClF6N2O8. The number of aromatic nitrogens is 2. The van der Waals surface area contributed by atoms with Crippen molar-refractivity contribution < 1.29 is 64.3 Å². The molecule has 3 aromatic carbocycles. The summed E-state index contributed by atoms with van der Waals surface area (Å²) in [4.78, 5) is 12.3. The monoisotopic (exact) mass is 830 g/mol. The molecule has 0 amide bonds. The lowest BCUT2D eigenvalue weighted by Gasteiger charge is -2.20. The summed E-state index contributed by atoms with van der Waals surface area (Å²) >= 11 is 5.88. The summed E-state index contributed by atoms with van der Waals surface area (Å²) in [6.45, 7) is 5.67. The van der Waals surface area contributed by atoms with Crippen LogP contribution in [0.3, 0.4) is 0 Å². The van der Waals surface area contributed by atoms with E-state index in [0.29, 0.717) is 85.3 Å². The van der Waals surface area contributed by atoms with E-state index in [9.17, 15) is 31.1 Å². The number of esters is 1. The first kappa shape index (κ1) is 45.5. The van der Waals surface area contributed by atoms with Crippen LogP contribution in [0, 0.1) is 0 Å². The van der Waals surface area contributed by atoms with Gasteiger partial charge in [0, 0.05) is 26.1 Å². The predicted octanol–water partition coefficient (Wildman–Crippen LogP) is 9.20. The van der Waals surface area contributed by atoms with Crippen molar-refractivity contribution in [1.29, 1.82) is 0 Å². The minimum atomic E-state index is -4.84. The van der Waals surface area contributed by atoms with Crippen LogP contribution in [0.4, 0.5) is 26.3 Å². The van der Waals surface area contributed by atoms with Gasteiger partial charge >= 0.3 is 18.3 Å². The number of benzene rings is 3. The summed E-state index contributed by atoms with van der Waals surface area (Å²) in [6.07, 6.45) is -7.74. The van der Waals surface area contributed by atoms with Crippen molar-refractivity contribution in [3.8, 4) is 33.9 Å². The maximum atomic E-state index is 13.9. The zero-order chi connectivity index (χ0) is 41.3. The van der Waals surface area contributed by atoms with E-state index in [4.69, 9.17) is 44.8 Å². The fraction of sp³-hybridized carbons (Fsp3) is 0.450. The second kappa shape index (κ2) is 22.7. The van der Waals surface area contributed by atoms with Gasteiger partial charge in [0.25, 0.3) is 0 Å². The van der Waals surface area contributed by atoms with Crippen LogP contribution in [0.15, 0.2) is 66.7 Å². The number of hydrogen-bond donors (Lipinski definition) is 0. The lowest BCUT2D eigenvalue weighted by atomic mass is 9.96. The third kappa shape index (κ3) is 14.9. The molecule has 0 aliphatic heterocycles. The van der Waals surface area contributed by atoms with Crippen molar-refractivity contribution in [1.82, 2.24) is 9.78 Å². The third-order valence-corrected chi connectivity index (χ3v) is 8.49. The fourth-order valence-electron chi connectivity index (χ4n) is 5.47. The van der Waals surface area contributed by atoms with Gasteiger partial charge in [-0.25, -0.2) is 0 Å². The molecule has 0 N–H and O–H groups in total. The van der Waals surface area contributed by atoms with E-state index >= 15 is 0 Å². The molecule has 4 rings (SSSR count). The van der Waals surface area contributed by atoms with Crippen LogP contribution < -0.4 is 9.47 Å². The second-order valence-corrected chi connectivity index (χ2v) is 12.9. The van der Waals surface area contributed by atoms with Gasteiger partial charge in [-0.2, -0.15) is 31.4 Å². The van der Waals surface area contributed by atoms with Crippen LogP contribution in [0.1, 0.15) is 43.0 Å². The molecule has 0 aliphatic carbocycles. The van der Waals surface area contributed by atoms with Gasteiger partial charge in [0.2, 0.25) is 0 Å². The van der Waals surface area contributed by atoms with Crippen LogP contribution in [-0.4, -0.2) is 81.8 Å². The molecule has 4 aromatic rings. The van der Waals surface area contributed by atoms with Crippen molar-refractivity contribution in [3.63, 3.8) is 0 Å². The highest BCUT2D eigenvalue weighted by Crippen LogP contribution is 2.48. The van der Waals surface area contributed by atoms with Crippen LogP contribution >= 0.6 is 11.6 Å². The first-order valence-corrected chi connectivity index (χ1v) is 18.5. The van der Waals surface area contributed by atoms with E-state index in [1.54, 1.807) is 0 Å². The molecule has 57 heavy (non-hydrogen) atoms. The highest BCUT2D eigenvalue weighted by Gasteiger charge is 2.36. The van der Waals surface area contributed by atoms with E-state index in [2.05, 4.69) is 5.10 Å². The van der Waals surface area contributed by atoms with Crippen LogP contribution in [0.2, 0.25) is 5.02 Å². The van der Waals surface area contributed by atoms with Gasteiger partial charge in [-0.15, -0.1) is 0 Å². The molecule has 0 atom stereocenters. The topological polar surface area (TPSA) is 99.5 Å². The maximum absolute atomic E-state index is 13.9. The minimum Gasteiger partial charge on any atom is -0.493 e. The Bertz CT molecular complexity index is 1840. The molecule has 0 fully saturated rings. The normalized spacial score (nSPS) is 11.9. The number of hydrogen-bond acceptors (Lipinski definition) is 9. The largest absolute Gasteiger partial charge is 0.493 e. The number of aryl methyl sites for hydroxylation is 1. The molecule has 312 valence electrons. The average molecular weight is 831 g/mol. The van der Waals surface area contributed by atoms with E-state index < -0.39 is 34.6 Å². The van der Waals surface area contributed by atoms with E-state index in [0.717, 1.165) is 35.4 Å². The second-order valence-electron chi connectivity index (χ2n) is 12.5. The number of carbonyl (C=O) groups is 1. The summed E-state index contributed by atoms with van der Waals surface area (Å²) in [5.74, 6) is -1.13. The lowest BCUT2D eigenvalue weighted by molar-refractivity contribution is -0.141. The smallest absolute Gasteiger partial charge is 0.435 e. The van der Waals surface area contributed by atoms with Gasteiger partial charge in [0.15, 0.2) is 11.4 Å². The summed E-state index contributed by atoms with van der Waals surface area (Å²) < 4.78 is 122. The van der Waals surface area contributed by atoms with Gasteiger partial charge in [-0.05, 0) is 60.7 Å². The predicted molar refractivity (Wildman–Crippen MR) is 199 cm³/mol. The van der Waals surface area contributed by atoms with E-state index in [1.165, 1.54) is 25.2 Å². The molecule has 0 aliphatic rings. The quantitative estimate of drug-likeness (QED) is 0.0296. The van der Waals surface area contributed by atoms with Crippen molar-refractivity contribution in [2.75, 3.05) is 66.1 Å². The first-order valence-electron chi connectivity index (χ1n) is 18.1. The summed E-state index contributed by atoms with van der Waals surface area (Å²) in [5.41, 5.74) is -1.57. The summed E-state index contributed by atoms with van der Waals surface area (Å²) in [7, 11) is 1.26. The van der Waals surface area contributed by atoms with Crippen LogP contribution in [0.5, 0.6) is 11.5 Å². The molecule has 17 heteroatoms. The maximum Gasteiger partial charge on any atom is 0.435 e. The Hall–Kier alpha value is -4.19. The molecule has 0 spiro atoms. The van der Waals surface area contributed by atoms with Gasteiger partial charge in [0.1, 0.15) is 5.75 Å². The lowest BCUT2D eigenvalue weighted by Crippen LogP contribution is -2.13. The number of carbonyl (C=O) groups excluding carboxylic acids is 1. The Labute approximate surface area is 331 Å². The zero-order valence-electron chi connectivity index (χ0n) is 31.6. The molecule has 1 heterocycles. The van der Waals surface area contributed by atoms with Crippen LogP contribution in [0.25, 0.3) is 22.4 Å². The molecule has 0 radical (unpaired) electrons. The van der Waals surface area contributed by atoms with E-state index in [-0.39, 0.29) is 40.5 Å². The fourth-order valence-corrected chi connectivity index (χ4v) is 5.70. The summed E-state index contributed by atoms with van der Waals surface area (Å²) in [5, 5.41) is 2.95. The number of unbranched alkanes of at least 4 members (excludes halogenated alkanes) is 2. The van der Waals surface area contributed by atoms with Gasteiger partial charge < -0.3 is 33.2 Å². The van der Waals surface area contributed by atoms with Crippen LogP contribution in [-0.2, 0) is 54.5 Å². The Balaban J connectivity index is 1.22. The molecule has 0 bridgehead atoms. The van der Waals surface area contributed by atoms with Gasteiger partial charge in [0.05, 0.1) is 87.9 Å². The summed E-state index contributed by atoms with van der Waals surface area (Å²) in [6, 6.07) is 16.5. The third-order valence-electron chi connectivity index (χ3n) is 8.16. The highest BCUT2D eigenvalue weighted by molar-refractivity contribution is 6.31. The Morgan fingerprint density at radius 2 is 1.30 bits per heavy atom. The molecule has 0 unspecified atom stereocenters. The Morgan fingerprint density at radius 1 is 0.702 bits per heavy atom. The number of rotatable bonds is 24. The SMILES string of the molecule is CC(=O)Oc1c(-c2cc(C(F)(F)F)nn2C)ccc(OCCCCCOCCOCCOCCOCCOCc2ccccc2)c1-c1ccc(Cl)c(C(F)(F)F)c1. The minimum absolute atomic E-state index is 0.0306. The van der Waals surface area contributed by atoms with Gasteiger partial charge in [-0.1, -0.05) is 48.0 Å². The number of halogens is 7. The standard InChI is InChI=1S/C40H45ClF6N2O8/c1-28(50)57-38-31(34-26-36(40(45,46)47)48-49(34)2)12-14-35(37(38)30-11-13-33(41)32(25-30)39(42,43)44)56-16-8-4-7-15-51-17-18-52-19-20-53-21-22-54-23-24-55-27-29-9-5-3-6-10-29/h3,5-6,9-14,25-26H,4,7-8,15-24,27H2,1-2H3. The highest BCUT2D eigenvalue weighted by atomic mass is 35.5. The Morgan fingerprint density at radius 3 is 1.88 bits per heavy atom. The zero-order valence-corrected chi connectivity index (χ0v) is 32.3. The van der Waals surface area contributed by atoms with Gasteiger partial charge in [-0.3, -0.25) is 9.48 Å². The molecule has 0 saturated carbocycles. The average Bonchev–Trinajstić information content (AvgIpc) is 3.56. The molecule has 10 nitrogen and oxygen atoms in total. The number of alkyl halides is 6. The first-order chi connectivity index (χ1) is 27.3. The van der Waals surface area contributed by atoms with Crippen molar-refractivity contribution in [2.24, 2.45) is 7.05 Å². The molecular weight excluding hydrogens is 786 g/mol. The van der Waals surface area contributed by atoms with Crippen molar-refractivity contribution >= 4 is 17.6 Å². The molecule has 0 saturated heterocycles. The van der Waals surface area contributed by atoms with E-state index in [1.807, 2.05) is 30.3 Å².